The van der Waals surface area contributed by atoms with E-state index < -0.39 is 5.54 Å². The number of amides is 1. The van der Waals surface area contributed by atoms with Gasteiger partial charge in [-0.15, -0.1) is 0 Å². The molecule has 0 aromatic heterocycles. The summed E-state index contributed by atoms with van der Waals surface area (Å²) in [5, 5.41) is 11.7. The lowest BCUT2D eigenvalue weighted by Crippen LogP contribution is -2.48. The van der Waals surface area contributed by atoms with Gasteiger partial charge in [0.1, 0.15) is 12.1 Å². The van der Waals surface area contributed by atoms with Crippen LogP contribution in [0.2, 0.25) is 0 Å². The fraction of sp³-hybridized carbons (Fsp3) is 0.818. The molecule has 0 radical (unpaired) electrons. The van der Waals surface area contributed by atoms with Crippen LogP contribution in [0.15, 0.2) is 0 Å². The van der Waals surface area contributed by atoms with Crippen LogP contribution in [0.25, 0.3) is 0 Å². The first-order valence-electron chi connectivity index (χ1n) is 5.33. The van der Waals surface area contributed by atoms with Gasteiger partial charge in [0.05, 0.1) is 12.2 Å². The van der Waals surface area contributed by atoms with Gasteiger partial charge in [0.15, 0.2) is 0 Å². The van der Waals surface area contributed by atoms with Crippen molar-refractivity contribution in [1.29, 1.82) is 5.26 Å². The van der Waals surface area contributed by atoms with E-state index in [4.69, 9.17) is 10.00 Å². The normalized spacial score (nSPS) is 11.2. The predicted octanol–water partition coefficient (Wildman–Crippen LogP) is 1.61. The lowest BCUT2D eigenvalue weighted by molar-refractivity contribution is -0.128. The molecule has 1 N–H and O–H groups in total. The van der Waals surface area contributed by atoms with Gasteiger partial charge in [-0.05, 0) is 26.7 Å². The monoisotopic (exact) mass is 212 g/mol. The third-order valence-corrected chi connectivity index (χ3v) is 2.35. The van der Waals surface area contributed by atoms with Crippen LogP contribution in [-0.4, -0.2) is 24.2 Å². The summed E-state index contributed by atoms with van der Waals surface area (Å²) in [7, 11) is 0. The summed E-state index contributed by atoms with van der Waals surface area (Å²) in [6, 6.07) is 2.15. The standard InChI is InChI=1S/C11H20N2O2/c1-5-11(6-2,8-12)13-10(14)7-15-9(3)4/h9H,5-7H2,1-4H3,(H,13,14). The summed E-state index contributed by atoms with van der Waals surface area (Å²) in [6.07, 6.45) is 1.23. The van der Waals surface area contributed by atoms with Gasteiger partial charge in [-0.2, -0.15) is 5.26 Å². The van der Waals surface area contributed by atoms with Crippen LogP contribution in [0.1, 0.15) is 40.5 Å². The molecule has 0 bridgehead atoms. The van der Waals surface area contributed by atoms with Gasteiger partial charge in [0.25, 0.3) is 0 Å². The molecule has 15 heavy (non-hydrogen) atoms. The molecule has 0 unspecified atom stereocenters. The third-order valence-electron chi connectivity index (χ3n) is 2.35. The Morgan fingerprint density at radius 1 is 1.47 bits per heavy atom. The predicted molar refractivity (Wildman–Crippen MR) is 58.2 cm³/mol. The van der Waals surface area contributed by atoms with Crippen molar-refractivity contribution in [2.24, 2.45) is 0 Å². The minimum Gasteiger partial charge on any atom is -0.369 e. The molecule has 0 rings (SSSR count). The Hall–Kier alpha value is -1.08. The first kappa shape index (κ1) is 13.9. The molecule has 0 spiro atoms. The minimum absolute atomic E-state index is 0.0150. The summed E-state index contributed by atoms with van der Waals surface area (Å²) in [5.41, 5.74) is -0.739. The van der Waals surface area contributed by atoms with Crippen molar-refractivity contribution in [3.63, 3.8) is 0 Å². The number of ether oxygens (including phenoxy) is 1. The number of nitriles is 1. The van der Waals surface area contributed by atoms with E-state index in [1.54, 1.807) is 0 Å². The average Bonchev–Trinajstić information content (AvgIpc) is 2.23. The average molecular weight is 212 g/mol. The molecule has 0 fully saturated rings. The zero-order valence-corrected chi connectivity index (χ0v) is 9.96. The Balaban J connectivity index is 4.19. The summed E-state index contributed by atoms with van der Waals surface area (Å²) in [5.74, 6) is -0.228. The van der Waals surface area contributed by atoms with E-state index in [1.807, 2.05) is 27.7 Å². The van der Waals surface area contributed by atoms with E-state index in [-0.39, 0.29) is 18.6 Å². The quantitative estimate of drug-likeness (QED) is 0.727. The van der Waals surface area contributed by atoms with Crippen molar-refractivity contribution in [1.82, 2.24) is 5.32 Å². The summed E-state index contributed by atoms with van der Waals surface area (Å²) in [6.45, 7) is 7.52. The van der Waals surface area contributed by atoms with Crippen molar-refractivity contribution in [2.75, 3.05) is 6.61 Å². The van der Waals surface area contributed by atoms with Crippen LogP contribution >= 0.6 is 0 Å². The Morgan fingerprint density at radius 2 is 2.00 bits per heavy atom. The maximum Gasteiger partial charge on any atom is 0.247 e. The van der Waals surface area contributed by atoms with Gasteiger partial charge in [-0.25, -0.2) is 0 Å². The summed E-state index contributed by atoms with van der Waals surface area (Å²) >= 11 is 0. The van der Waals surface area contributed by atoms with Gasteiger partial charge in [-0.3, -0.25) is 4.79 Å². The fourth-order valence-electron chi connectivity index (χ4n) is 1.16. The molecule has 4 nitrogen and oxygen atoms in total. The van der Waals surface area contributed by atoms with Gasteiger partial charge >= 0.3 is 0 Å². The molecule has 0 aliphatic heterocycles. The highest BCUT2D eigenvalue weighted by molar-refractivity contribution is 5.78. The third kappa shape index (κ3) is 4.80. The van der Waals surface area contributed by atoms with E-state index >= 15 is 0 Å². The first-order chi connectivity index (χ1) is 6.99. The number of hydrogen-bond acceptors (Lipinski definition) is 3. The van der Waals surface area contributed by atoms with E-state index in [0.29, 0.717) is 12.8 Å². The maximum absolute atomic E-state index is 11.5. The zero-order chi connectivity index (χ0) is 11.9. The molecule has 86 valence electrons. The number of carbonyl (C=O) groups excluding carboxylic acids is 1. The van der Waals surface area contributed by atoms with Crippen LogP contribution < -0.4 is 5.32 Å². The molecule has 0 aromatic rings. The molecule has 1 amide bonds. The Bertz CT molecular complexity index is 239. The molecular formula is C11H20N2O2. The largest absolute Gasteiger partial charge is 0.369 e. The van der Waals surface area contributed by atoms with Gasteiger partial charge in [-0.1, -0.05) is 13.8 Å². The number of hydrogen-bond donors (Lipinski definition) is 1. The van der Waals surface area contributed by atoms with Crippen molar-refractivity contribution >= 4 is 5.91 Å². The van der Waals surface area contributed by atoms with E-state index in [0.717, 1.165) is 0 Å². The second-order valence-electron chi connectivity index (χ2n) is 3.81. The highest BCUT2D eigenvalue weighted by Gasteiger charge is 2.27. The molecule has 0 saturated carbocycles. The van der Waals surface area contributed by atoms with Crippen molar-refractivity contribution in [3.05, 3.63) is 0 Å². The van der Waals surface area contributed by atoms with Gasteiger partial charge in [0, 0.05) is 0 Å². The number of nitrogens with zero attached hydrogens (tertiary/aromatic N) is 1. The highest BCUT2D eigenvalue weighted by Crippen LogP contribution is 2.13. The smallest absolute Gasteiger partial charge is 0.247 e. The second kappa shape index (κ2) is 6.41. The van der Waals surface area contributed by atoms with Gasteiger partial charge < -0.3 is 10.1 Å². The molecule has 0 heterocycles. The summed E-state index contributed by atoms with van der Waals surface area (Å²) in [4.78, 5) is 11.5. The molecule has 0 aliphatic carbocycles. The van der Waals surface area contributed by atoms with E-state index in [1.165, 1.54) is 0 Å². The number of nitrogens with one attached hydrogen (secondary N) is 1. The molecule has 0 atom stereocenters. The fourth-order valence-corrected chi connectivity index (χ4v) is 1.16. The first-order valence-corrected chi connectivity index (χ1v) is 5.33. The van der Waals surface area contributed by atoms with Crippen molar-refractivity contribution < 1.29 is 9.53 Å². The van der Waals surface area contributed by atoms with Crippen molar-refractivity contribution in [3.8, 4) is 6.07 Å². The summed E-state index contributed by atoms with van der Waals surface area (Å²) < 4.78 is 5.16. The lowest BCUT2D eigenvalue weighted by atomic mass is 9.95. The Kier molecular flexibility index (Phi) is 5.95. The maximum atomic E-state index is 11.5. The highest BCUT2D eigenvalue weighted by atomic mass is 16.5. The Labute approximate surface area is 91.6 Å². The van der Waals surface area contributed by atoms with Crippen LogP contribution in [0.3, 0.4) is 0 Å². The number of rotatable bonds is 6. The minimum atomic E-state index is -0.739. The lowest BCUT2D eigenvalue weighted by Gasteiger charge is -2.25. The van der Waals surface area contributed by atoms with Gasteiger partial charge in [0.2, 0.25) is 5.91 Å². The molecule has 4 heteroatoms. The van der Waals surface area contributed by atoms with Crippen LogP contribution in [0.5, 0.6) is 0 Å². The van der Waals surface area contributed by atoms with Crippen LogP contribution in [0, 0.1) is 11.3 Å². The van der Waals surface area contributed by atoms with E-state index in [9.17, 15) is 4.79 Å². The topological polar surface area (TPSA) is 62.1 Å². The zero-order valence-electron chi connectivity index (χ0n) is 9.96. The molecule has 0 aliphatic rings. The Morgan fingerprint density at radius 3 is 2.33 bits per heavy atom. The SMILES string of the molecule is CCC(C#N)(CC)NC(=O)COC(C)C. The molecule has 0 saturated heterocycles. The van der Waals surface area contributed by atoms with Crippen LogP contribution in [0.4, 0.5) is 0 Å². The molecule has 0 aromatic carbocycles. The van der Waals surface area contributed by atoms with E-state index in [2.05, 4.69) is 11.4 Å². The van der Waals surface area contributed by atoms with Crippen molar-refractivity contribution in [2.45, 2.75) is 52.2 Å². The number of carbonyl (C=O) groups is 1. The molecular weight excluding hydrogens is 192 g/mol. The second-order valence-corrected chi connectivity index (χ2v) is 3.81. The van der Waals surface area contributed by atoms with Crippen LogP contribution in [-0.2, 0) is 9.53 Å².